The Hall–Kier alpha value is -0.540. The summed E-state index contributed by atoms with van der Waals surface area (Å²) in [5, 5.41) is 10.9. The molecule has 4 saturated carbocycles. The van der Waals surface area contributed by atoms with Crippen molar-refractivity contribution in [2.45, 2.75) is 90.8 Å². The highest BCUT2D eigenvalue weighted by Gasteiger charge is 2.64. The Balaban J connectivity index is 1.42. The van der Waals surface area contributed by atoms with Crippen LogP contribution in [0.15, 0.2) is 0 Å². The molecule has 4 aliphatic carbocycles. The van der Waals surface area contributed by atoms with Crippen molar-refractivity contribution < 1.29 is 29.0 Å². The molecule has 0 saturated heterocycles. The molecule has 4 rings (SSSR count). The van der Waals surface area contributed by atoms with Crippen LogP contribution in [0.1, 0.15) is 78.6 Å². The van der Waals surface area contributed by atoms with Crippen molar-refractivity contribution in [3.63, 3.8) is 0 Å². The number of unbranched alkanes of at least 4 members (excludes halogenated alkanes) is 1. The second kappa shape index (κ2) is 10.4. The summed E-state index contributed by atoms with van der Waals surface area (Å²) in [4.78, 5) is 37.4. The molecule has 0 radical (unpaired) electrons. The van der Waals surface area contributed by atoms with Crippen molar-refractivity contribution in [2.75, 3.05) is 17.6 Å². The van der Waals surface area contributed by atoms with E-state index in [4.69, 9.17) is 9.47 Å². The van der Waals surface area contributed by atoms with Crippen molar-refractivity contribution >= 4 is 40.1 Å². The zero-order valence-corrected chi connectivity index (χ0v) is 23.1. The van der Waals surface area contributed by atoms with E-state index in [1.54, 1.807) is 6.92 Å². The van der Waals surface area contributed by atoms with Crippen LogP contribution in [0.4, 0.5) is 0 Å². The van der Waals surface area contributed by atoms with Gasteiger partial charge < -0.3 is 14.6 Å². The highest BCUT2D eigenvalue weighted by molar-refractivity contribution is 14.1. The van der Waals surface area contributed by atoms with Crippen LogP contribution in [0.25, 0.3) is 0 Å². The molecular formula is C27H41IO6. The molecule has 0 bridgehead atoms. The minimum absolute atomic E-state index is 0.0151. The largest absolute Gasteiger partial charge is 0.465 e. The number of rotatable bonds is 8. The van der Waals surface area contributed by atoms with Gasteiger partial charge in [-0.3, -0.25) is 14.4 Å². The minimum atomic E-state index is -0.496. The third-order valence-corrected chi connectivity index (χ3v) is 10.7. The van der Waals surface area contributed by atoms with Gasteiger partial charge in [-0.1, -0.05) is 36.4 Å². The fourth-order valence-electron chi connectivity index (χ4n) is 8.57. The smallest absolute Gasteiger partial charge is 0.315 e. The molecule has 192 valence electrons. The van der Waals surface area contributed by atoms with Gasteiger partial charge in [0.05, 0.1) is 23.2 Å². The van der Waals surface area contributed by atoms with E-state index in [-0.39, 0.29) is 40.5 Å². The molecule has 0 amide bonds. The quantitative estimate of drug-likeness (QED) is 0.194. The van der Waals surface area contributed by atoms with E-state index >= 15 is 0 Å². The number of fused-ring (bicyclic) bond motifs is 5. The summed E-state index contributed by atoms with van der Waals surface area (Å²) < 4.78 is 11.6. The Bertz CT molecular complexity index is 800. The third-order valence-electron chi connectivity index (χ3n) is 10.1. The Labute approximate surface area is 217 Å². The Morgan fingerprint density at radius 1 is 1.09 bits per heavy atom. The molecule has 0 heterocycles. The van der Waals surface area contributed by atoms with E-state index in [0.717, 1.165) is 44.9 Å². The summed E-state index contributed by atoms with van der Waals surface area (Å²) >= 11 is 1.99. The first kappa shape index (κ1) is 26.5. The second-order valence-electron chi connectivity index (χ2n) is 11.9. The predicted octanol–water partition coefficient (Wildman–Crippen LogP) is 4.53. The average Bonchev–Trinajstić information content (AvgIpc) is 3.13. The number of ether oxygens (including phenoxy) is 2. The number of alkyl halides is 1. The van der Waals surface area contributed by atoms with Gasteiger partial charge in [0.1, 0.15) is 11.6 Å². The van der Waals surface area contributed by atoms with Crippen LogP contribution in [0.2, 0.25) is 0 Å². The summed E-state index contributed by atoms with van der Waals surface area (Å²) in [6.07, 6.45) is 6.76. The maximum Gasteiger partial charge on any atom is 0.315 e. The Morgan fingerprint density at radius 2 is 1.82 bits per heavy atom. The van der Waals surface area contributed by atoms with E-state index < -0.39 is 6.10 Å². The van der Waals surface area contributed by atoms with Crippen LogP contribution in [0.5, 0.6) is 0 Å². The molecule has 34 heavy (non-hydrogen) atoms. The Morgan fingerprint density at radius 3 is 2.53 bits per heavy atom. The fourth-order valence-corrected chi connectivity index (χ4v) is 8.79. The number of halogens is 1. The molecule has 0 aromatic heterocycles. The minimum Gasteiger partial charge on any atom is -0.465 e. The first-order valence-corrected chi connectivity index (χ1v) is 14.7. The number of aliphatic hydroxyl groups is 1. The summed E-state index contributed by atoms with van der Waals surface area (Å²) in [7, 11) is 0. The first-order valence-electron chi connectivity index (χ1n) is 13.2. The maximum absolute atomic E-state index is 13.7. The van der Waals surface area contributed by atoms with Gasteiger partial charge in [0.15, 0.2) is 0 Å². The van der Waals surface area contributed by atoms with E-state index in [1.165, 1.54) is 0 Å². The number of Topliss-reactive ketones (excluding diaryl/α,β-unsaturated/α-hetero) is 2. The van der Waals surface area contributed by atoms with Crippen LogP contribution in [-0.2, 0) is 23.9 Å². The fraction of sp³-hybridized carbons (Fsp3) is 0.889. The van der Waals surface area contributed by atoms with E-state index in [1.807, 2.05) is 22.6 Å². The lowest BCUT2D eigenvalue weighted by Gasteiger charge is -2.60. The zero-order valence-electron chi connectivity index (χ0n) is 20.9. The molecule has 4 fully saturated rings. The molecule has 0 unspecified atom stereocenters. The standard InChI is InChI=1S/C27H41IO6/c1-16(29)19-8-9-20-18-7-6-17-12-21(30)23(33-10-4-5-11-34-24(32)15-28)14-26(17,2)25(18)22(31)13-27(19,20)3/h17-21,23,25,30H,4-15H2,1-3H3/t17-,18-,19+,20-,21-,23-,25+,26-,27+/m0/s1. The molecule has 1 N–H and O–H groups in total. The van der Waals surface area contributed by atoms with Crippen LogP contribution in [0.3, 0.4) is 0 Å². The van der Waals surface area contributed by atoms with Gasteiger partial charge in [-0.15, -0.1) is 0 Å². The molecule has 4 aliphatic rings. The summed E-state index contributed by atoms with van der Waals surface area (Å²) in [5.74, 6) is 1.56. The third kappa shape index (κ3) is 4.74. The second-order valence-corrected chi connectivity index (χ2v) is 12.7. The van der Waals surface area contributed by atoms with Gasteiger partial charge in [-0.2, -0.15) is 0 Å². The molecule has 0 aromatic rings. The van der Waals surface area contributed by atoms with Crippen LogP contribution < -0.4 is 0 Å². The molecule has 9 atom stereocenters. The van der Waals surface area contributed by atoms with Crippen molar-refractivity contribution in [1.82, 2.24) is 0 Å². The van der Waals surface area contributed by atoms with Crippen LogP contribution >= 0.6 is 22.6 Å². The lowest BCUT2D eigenvalue weighted by atomic mass is 9.44. The van der Waals surface area contributed by atoms with Gasteiger partial charge in [0.25, 0.3) is 0 Å². The van der Waals surface area contributed by atoms with Crippen molar-refractivity contribution in [1.29, 1.82) is 0 Å². The lowest BCUT2D eigenvalue weighted by molar-refractivity contribution is -0.180. The molecule has 0 spiro atoms. The maximum atomic E-state index is 13.7. The van der Waals surface area contributed by atoms with E-state index in [2.05, 4.69) is 13.8 Å². The monoisotopic (exact) mass is 588 g/mol. The molecule has 6 nitrogen and oxygen atoms in total. The number of hydrogen-bond donors (Lipinski definition) is 1. The summed E-state index contributed by atoms with van der Waals surface area (Å²) in [5.41, 5.74) is -0.340. The number of carbonyl (C=O) groups is 3. The van der Waals surface area contributed by atoms with Crippen LogP contribution in [0, 0.1) is 40.4 Å². The van der Waals surface area contributed by atoms with Gasteiger partial charge in [0, 0.05) is 24.9 Å². The molecule has 0 aromatic carbocycles. The van der Waals surface area contributed by atoms with Crippen molar-refractivity contribution in [3.8, 4) is 0 Å². The normalized spacial score (nSPS) is 43.6. The van der Waals surface area contributed by atoms with Crippen molar-refractivity contribution in [2.24, 2.45) is 40.4 Å². The first-order chi connectivity index (χ1) is 16.1. The molecule has 0 aliphatic heterocycles. The predicted molar refractivity (Wildman–Crippen MR) is 136 cm³/mol. The number of aliphatic hydroxyl groups excluding tert-OH is 1. The van der Waals surface area contributed by atoms with Crippen molar-refractivity contribution in [3.05, 3.63) is 0 Å². The summed E-state index contributed by atoms with van der Waals surface area (Å²) in [6, 6.07) is 0. The Kier molecular flexibility index (Phi) is 8.15. The van der Waals surface area contributed by atoms with Gasteiger partial charge in [0.2, 0.25) is 0 Å². The topological polar surface area (TPSA) is 89.9 Å². The van der Waals surface area contributed by atoms with Gasteiger partial charge in [-0.05, 0) is 86.9 Å². The van der Waals surface area contributed by atoms with Gasteiger partial charge in [-0.25, -0.2) is 0 Å². The number of hydrogen-bond acceptors (Lipinski definition) is 6. The lowest BCUT2D eigenvalue weighted by Crippen LogP contribution is -2.60. The van der Waals surface area contributed by atoms with Crippen LogP contribution in [-0.4, -0.2) is 52.5 Å². The number of ketones is 2. The highest BCUT2D eigenvalue weighted by atomic mass is 127. The highest BCUT2D eigenvalue weighted by Crippen LogP contribution is 2.66. The average molecular weight is 589 g/mol. The SMILES string of the molecule is CC(=O)[C@H]1CC[C@H]2[C@@H]3CC[C@H]4C[C@H](O)[C@@H](OCCCCOC(=O)CI)C[C@]4(C)[C@H]3C(=O)C[C@]12C. The molecular weight excluding hydrogens is 547 g/mol. The zero-order chi connectivity index (χ0) is 24.7. The summed E-state index contributed by atoms with van der Waals surface area (Å²) in [6.45, 7) is 7.10. The number of carbonyl (C=O) groups excluding carboxylic acids is 3. The van der Waals surface area contributed by atoms with Gasteiger partial charge >= 0.3 is 5.97 Å². The van der Waals surface area contributed by atoms with E-state index in [9.17, 15) is 19.5 Å². The number of esters is 1. The van der Waals surface area contributed by atoms with E-state index in [0.29, 0.717) is 54.0 Å². The molecule has 7 heteroatoms.